The number of benzene rings is 4. The molecule has 0 spiro atoms. The third-order valence-corrected chi connectivity index (χ3v) is 16.2. The molecule has 96 heavy (non-hydrogen) atoms. The summed E-state index contributed by atoms with van der Waals surface area (Å²) in [6.45, 7) is 20.1. The first kappa shape index (κ1) is 77.8. The fourth-order valence-corrected chi connectivity index (χ4v) is 11.8. The van der Waals surface area contributed by atoms with Gasteiger partial charge in [-0.25, -0.2) is 0 Å². The van der Waals surface area contributed by atoms with E-state index in [0.717, 1.165) is 16.3 Å². The number of nitrogens with one attached hydrogen (secondary N) is 2. The summed E-state index contributed by atoms with van der Waals surface area (Å²) in [5.41, 5.74) is 13.8. The van der Waals surface area contributed by atoms with Crippen molar-refractivity contribution < 1.29 is 43.3 Å². The summed E-state index contributed by atoms with van der Waals surface area (Å²) in [6, 6.07) is 36.3. The van der Waals surface area contributed by atoms with Crippen LogP contribution < -0.4 is 22.1 Å². The van der Waals surface area contributed by atoms with Crippen LogP contribution in [0.2, 0.25) is 0 Å². The van der Waals surface area contributed by atoms with Gasteiger partial charge in [0.05, 0.1) is 51.9 Å². The molecule has 23 heteroatoms. The molecular weight excluding hydrogens is 1220 g/mol. The van der Waals surface area contributed by atoms with Crippen molar-refractivity contribution in [3.63, 3.8) is 0 Å². The van der Waals surface area contributed by atoms with E-state index < -0.39 is 21.2 Å². The highest BCUT2D eigenvalue weighted by molar-refractivity contribution is 6.03. The Hall–Kier alpha value is -10.7. The Balaban J connectivity index is 0.000000256. The van der Waals surface area contributed by atoms with E-state index in [4.69, 9.17) is 42.0 Å². The number of nitrogens with zero attached hydrogens (tertiary/aromatic N) is 8. The molecule has 4 heterocycles. The van der Waals surface area contributed by atoms with Crippen molar-refractivity contribution in [1.29, 1.82) is 31.6 Å². The zero-order valence-corrected chi connectivity index (χ0v) is 55.9. The molecule has 2 saturated heterocycles. The molecule has 502 valence electrons. The van der Waals surface area contributed by atoms with Gasteiger partial charge < -0.3 is 31.6 Å². The monoisotopic (exact) mass is 1300 g/mol. The van der Waals surface area contributed by atoms with Crippen LogP contribution in [-0.4, -0.2) is 64.9 Å². The van der Waals surface area contributed by atoms with Crippen LogP contribution in [0, 0.1) is 104 Å². The number of hydrogen-bond acceptors (Lipinski definition) is 21. The average Bonchev–Trinajstić information content (AvgIpc) is 0.732. The van der Waals surface area contributed by atoms with E-state index in [-0.39, 0.29) is 93.1 Å². The Kier molecular flexibility index (Phi) is 29.7. The molecule has 6 N–H and O–H groups in total. The summed E-state index contributed by atoms with van der Waals surface area (Å²) in [6.07, 6.45) is 11.7. The van der Waals surface area contributed by atoms with E-state index in [2.05, 4.69) is 22.8 Å². The van der Waals surface area contributed by atoms with Crippen molar-refractivity contribution in [2.45, 2.75) is 163 Å². The maximum atomic E-state index is 13.0. The summed E-state index contributed by atoms with van der Waals surface area (Å²) >= 11 is 0. The van der Waals surface area contributed by atoms with Gasteiger partial charge in [-0.1, -0.05) is 109 Å². The van der Waals surface area contributed by atoms with E-state index in [1.54, 1.807) is 43.3 Å². The molecule has 0 radical (unpaired) electrons. The lowest BCUT2D eigenvalue weighted by Gasteiger charge is -2.42. The number of piperidine rings is 2. The quantitative estimate of drug-likeness (QED) is 0.0624. The number of carbonyl (C=O) groups excluding carboxylic acids is 5. The number of nitro groups is 2. The van der Waals surface area contributed by atoms with E-state index >= 15 is 0 Å². The second-order valence-corrected chi connectivity index (χ2v) is 26.2. The summed E-state index contributed by atoms with van der Waals surface area (Å²) in [4.78, 5) is 78.5. The van der Waals surface area contributed by atoms with Crippen LogP contribution in [0.15, 0.2) is 137 Å². The number of fused-ring (bicyclic) bond motifs is 1. The molecule has 0 aromatic heterocycles. The Morgan fingerprint density at radius 2 is 1.01 bits per heavy atom. The van der Waals surface area contributed by atoms with Gasteiger partial charge in [0.1, 0.15) is 59.2 Å². The maximum Gasteiger partial charge on any atom is 0.269 e. The molecule has 7 aliphatic rings. The standard InChI is InChI=1S/C22H20N2O2.C19H19N3O4.C8H7NO3.C8H12O2.2C5H11N.2C3H2N2/c1-22(2)10-17(25)20-18(11-22)26-21(24)16(12-23)19(20)15-8-7-13-5-3-4-6-14(13)9-15;1-18(2)8-14(23)16-15(9-18)26-17(21)13(10-20)19(16,3)11-4-6-12(7-5-11)22(24)25;1-6(10)7-2-4-8(5-3-7)9(11)12;1-8(2)4-6(9)3-7(10)5-8;2*1-2-4-6-5-3-1;2*4-2-1-3-5/h3-9,19H,10-11,24H2,1-2H3;4-7H,8-9,21H2,1-3H3;2-5H,1H3;3-5H2,1-2H3;2*6H,1-5H2;2*1H2. The zero-order valence-electron chi connectivity index (χ0n) is 55.9. The topological polar surface area (TPSA) is 409 Å². The number of ether oxygens (including phenoxy) is 2. The lowest BCUT2D eigenvalue weighted by Crippen LogP contribution is -2.42. The number of nitrogens with two attached hydrogens (primary N) is 2. The minimum absolute atomic E-state index is 0. The number of nitriles is 6. The maximum absolute atomic E-state index is 13.0. The summed E-state index contributed by atoms with van der Waals surface area (Å²) < 4.78 is 11.4. The molecule has 23 nitrogen and oxygen atoms in total. The SMILES string of the molecule is C1CCNCC1.C1CCNCC1.CC(=O)c1ccc([N+](=O)[O-])cc1.CC1(C)CC(=O)C2=C(C1)OC(N)=C(C#N)C2(C)c1ccc([N+](=O)[O-])cc1.CC1(C)CC(=O)C2=C(C1)OC(N)=C(C#N)C2c1ccc2ccccc2c1.CC1(C)CC(=O)CC(=O)C1.N#CCC#N.N#CCC#N. The van der Waals surface area contributed by atoms with Gasteiger partial charge in [-0.15, -0.1) is 0 Å². The lowest BCUT2D eigenvalue weighted by atomic mass is 9.63. The van der Waals surface area contributed by atoms with Crippen molar-refractivity contribution in [3.8, 4) is 36.4 Å². The largest absolute Gasteiger partial charge is 0.444 e. The van der Waals surface area contributed by atoms with Crippen LogP contribution in [0.3, 0.4) is 0 Å². The summed E-state index contributed by atoms with van der Waals surface area (Å²) in [5, 5.41) is 79.6. The summed E-state index contributed by atoms with van der Waals surface area (Å²) in [5.74, 6) is 0.744. The number of rotatable bonds is 5. The van der Waals surface area contributed by atoms with Gasteiger partial charge in [0.15, 0.2) is 17.3 Å². The van der Waals surface area contributed by atoms with Gasteiger partial charge in [0.25, 0.3) is 11.4 Å². The van der Waals surface area contributed by atoms with E-state index in [1.807, 2.05) is 84.0 Å². The van der Waals surface area contributed by atoms with Gasteiger partial charge in [0.2, 0.25) is 11.8 Å². The molecule has 1 saturated carbocycles. The first-order chi connectivity index (χ1) is 45.4. The van der Waals surface area contributed by atoms with Gasteiger partial charge >= 0.3 is 0 Å². The fourth-order valence-electron chi connectivity index (χ4n) is 11.8. The van der Waals surface area contributed by atoms with Crippen molar-refractivity contribution in [2.24, 2.45) is 27.7 Å². The Morgan fingerprint density at radius 1 is 0.562 bits per heavy atom. The fraction of sp³-hybridized carbons (Fsp3) is 0.438. The molecule has 3 fully saturated rings. The van der Waals surface area contributed by atoms with Crippen LogP contribution in [0.25, 0.3) is 10.8 Å². The number of carbonyl (C=O) groups is 5. The molecule has 4 aromatic carbocycles. The number of hydrogen-bond donors (Lipinski definition) is 4. The van der Waals surface area contributed by atoms with E-state index in [0.29, 0.717) is 77.9 Å². The molecule has 0 amide bonds. The predicted octanol–water partition coefficient (Wildman–Crippen LogP) is 13.0. The van der Waals surface area contributed by atoms with Crippen molar-refractivity contribution in [1.82, 2.24) is 10.6 Å². The number of nitro benzene ring substituents is 2. The highest BCUT2D eigenvalue weighted by atomic mass is 16.6. The van der Waals surface area contributed by atoms with Crippen LogP contribution in [-0.2, 0) is 34.1 Å². The van der Waals surface area contributed by atoms with Gasteiger partial charge in [-0.2, -0.15) is 31.6 Å². The number of allylic oxidation sites excluding steroid dienone is 6. The van der Waals surface area contributed by atoms with Gasteiger partial charge in [0, 0.05) is 79.5 Å². The molecule has 3 aliphatic carbocycles. The van der Waals surface area contributed by atoms with E-state index in [1.165, 1.54) is 108 Å². The average molecular weight is 1310 g/mol. The minimum Gasteiger partial charge on any atom is -0.444 e. The zero-order chi connectivity index (χ0) is 71.4. The van der Waals surface area contributed by atoms with Crippen LogP contribution >= 0.6 is 0 Å². The second-order valence-electron chi connectivity index (χ2n) is 26.2. The van der Waals surface area contributed by atoms with Gasteiger partial charge in [-0.3, -0.25) is 44.2 Å². The third kappa shape index (κ3) is 22.8. The Labute approximate surface area is 561 Å². The van der Waals surface area contributed by atoms with E-state index in [9.17, 15) is 54.7 Å². The van der Waals surface area contributed by atoms with Crippen molar-refractivity contribution in [2.75, 3.05) is 26.2 Å². The van der Waals surface area contributed by atoms with Crippen LogP contribution in [0.1, 0.15) is 179 Å². The van der Waals surface area contributed by atoms with Crippen LogP contribution in [0.4, 0.5) is 11.4 Å². The first-order valence-corrected chi connectivity index (χ1v) is 31.5. The predicted molar refractivity (Wildman–Crippen MR) is 359 cm³/mol. The molecule has 4 aliphatic heterocycles. The third-order valence-electron chi connectivity index (χ3n) is 16.2. The van der Waals surface area contributed by atoms with Crippen molar-refractivity contribution in [3.05, 3.63) is 173 Å². The summed E-state index contributed by atoms with van der Waals surface area (Å²) in [7, 11) is 0. The molecule has 2 unspecified atom stereocenters. The number of ketones is 5. The van der Waals surface area contributed by atoms with Crippen molar-refractivity contribution >= 4 is 51.1 Å². The second kappa shape index (κ2) is 36.7. The van der Waals surface area contributed by atoms with Gasteiger partial charge in [-0.05, 0) is 116 Å². The normalized spacial score (nSPS) is 19.9. The number of non-ortho nitro benzene ring substituents is 2. The smallest absolute Gasteiger partial charge is 0.269 e. The molecule has 4 aromatic rings. The lowest BCUT2D eigenvalue weighted by molar-refractivity contribution is -0.385. The number of Topliss-reactive ketones (excluding diaryl/α,β-unsaturated/α-hetero) is 5. The first-order valence-electron chi connectivity index (χ1n) is 31.5. The Morgan fingerprint density at radius 3 is 1.42 bits per heavy atom. The highest BCUT2D eigenvalue weighted by Crippen LogP contribution is 2.52. The van der Waals surface area contributed by atoms with Crippen LogP contribution in [0.5, 0.6) is 0 Å². The highest BCUT2D eigenvalue weighted by Gasteiger charge is 2.50. The molecule has 2 atom stereocenters. The minimum atomic E-state index is -1.10. The molecule has 0 bridgehead atoms. The molecule has 11 rings (SSSR count). The Bertz CT molecular complexity index is 3790. The molecular formula is C73H84N12O11.